The number of methoxy groups -OCH3 is 1. The van der Waals surface area contributed by atoms with E-state index in [4.69, 9.17) is 9.47 Å². The summed E-state index contributed by atoms with van der Waals surface area (Å²) in [6.45, 7) is 3.00. The predicted molar refractivity (Wildman–Crippen MR) is 132 cm³/mol. The lowest BCUT2D eigenvalue weighted by Gasteiger charge is -2.29. The second-order valence-electron chi connectivity index (χ2n) is 7.74. The molecule has 1 aliphatic rings. The first-order chi connectivity index (χ1) is 17.5. The highest BCUT2D eigenvalue weighted by Crippen LogP contribution is 2.36. The molecule has 194 valence electrons. The van der Waals surface area contributed by atoms with E-state index in [9.17, 15) is 31.5 Å². The summed E-state index contributed by atoms with van der Waals surface area (Å²) in [6, 6.07) is 12.3. The summed E-state index contributed by atoms with van der Waals surface area (Å²) >= 11 is 0. The molecular formula is C23H21N3O9S2. The number of carbonyl (C=O) groups excluding carboxylic acids is 1. The van der Waals surface area contributed by atoms with E-state index in [1.165, 1.54) is 66.3 Å². The first kappa shape index (κ1) is 25.9. The minimum atomic E-state index is -4.80. The Balaban J connectivity index is 1.69. The average Bonchev–Trinajstić information content (AvgIpc) is 3.26. The van der Waals surface area contributed by atoms with Gasteiger partial charge in [0.25, 0.3) is 10.0 Å². The van der Waals surface area contributed by atoms with E-state index in [1.807, 2.05) is 0 Å². The summed E-state index contributed by atoms with van der Waals surface area (Å²) in [7, 11) is -8.09. The van der Waals surface area contributed by atoms with Gasteiger partial charge in [0.2, 0.25) is 0 Å². The van der Waals surface area contributed by atoms with Crippen molar-refractivity contribution in [1.29, 1.82) is 0 Å². The van der Waals surface area contributed by atoms with Crippen LogP contribution in [0.4, 0.5) is 5.69 Å². The van der Waals surface area contributed by atoms with E-state index >= 15 is 0 Å². The number of aromatic carboxylic acids is 1. The summed E-state index contributed by atoms with van der Waals surface area (Å²) in [5.41, 5.74) is 0.629. The number of aromatic nitrogens is 1. The van der Waals surface area contributed by atoms with Crippen molar-refractivity contribution in [3.8, 4) is 22.8 Å². The number of nitrogens with zero attached hydrogens (tertiary/aromatic N) is 2. The maximum Gasteiger partial charge on any atom is 0.352 e. The fourth-order valence-corrected chi connectivity index (χ4v) is 6.85. The number of esters is 1. The molecule has 0 bridgehead atoms. The molecule has 0 spiro atoms. The number of anilines is 1. The van der Waals surface area contributed by atoms with Gasteiger partial charge in [-0.05, 0) is 42.0 Å². The molecule has 0 fully saturated rings. The molecule has 0 aliphatic carbocycles. The number of fused-ring (bicyclic) bond motifs is 1. The third-order valence-electron chi connectivity index (χ3n) is 5.39. The molecule has 37 heavy (non-hydrogen) atoms. The molecule has 1 aromatic heterocycles. The molecule has 0 amide bonds. The average molecular weight is 548 g/mol. The van der Waals surface area contributed by atoms with Crippen molar-refractivity contribution >= 4 is 37.9 Å². The van der Waals surface area contributed by atoms with E-state index in [1.54, 1.807) is 10.2 Å². The molecule has 0 atom stereocenters. The van der Waals surface area contributed by atoms with Crippen LogP contribution in [0.15, 0.2) is 72.1 Å². The van der Waals surface area contributed by atoms with Crippen molar-refractivity contribution in [1.82, 2.24) is 8.69 Å². The molecule has 4 rings (SSSR count). The predicted octanol–water partition coefficient (Wildman–Crippen LogP) is 2.00. The van der Waals surface area contributed by atoms with Gasteiger partial charge in [0.1, 0.15) is 18.0 Å². The summed E-state index contributed by atoms with van der Waals surface area (Å²) in [4.78, 5) is 23.2. The lowest BCUT2D eigenvalue weighted by molar-refractivity contribution is -0.133. The van der Waals surface area contributed by atoms with E-state index < -0.39 is 43.6 Å². The van der Waals surface area contributed by atoms with Crippen molar-refractivity contribution < 1.29 is 41.0 Å². The summed E-state index contributed by atoms with van der Waals surface area (Å²) in [6.07, 6.45) is 1.49. The fraction of sp³-hybridized carbons (Fsp3) is 0.130. The molecule has 2 N–H and O–H groups in total. The van der Waals surface area contributed by atoms with E-state index in [0.29, 0.717) is 21.3 Å². The highest BCUT2D eigenvalue weighted by Gasteiger charge is 2.36. The molecular weight excluding hydrogens is 526 g/mol. The third-order valence-corrected chi connectivity index (χ3v) is 8.89. The second-order valence-corrected chi connectivity index (χ2v) is 11.3. The third kappa shape index (κ3) is 5.07. The van der Waals surface area contributed by atoms with Crippen molar-refractivity contribution in [3.63, 3.8) is 0 Å². The van der Waals surface area contributed by atoms with Gasteiger partial charge < -0.3 is 19.1 Å². The van der Waals surface area contributed by atoms with Crippen molar-refractivity contribution in [2.75, 3.05) is 18.0 Å². The molecule has 0 radical (unpaired) electrons. The summed E-state index contributed by atoms with van der Waals surface area (Å²) in [5.74, 6) is -1.90. The minimum Gasteiger partial charge on any atom is -0.497 e. The number of nitrogens with one attached hydrogen (secondary N) is 1. The van der Waals surface area contributed by atoms with Crippen LogP contribution >= 0.6 is 0 Å². The van der Waals surface area contributed by atoms with E-state index in [2.05, 4.69) is 6.58 Å². The quantitative estimate of drug-likeness (QED) is 0.232. The van der Waals surface area contributed by atoms with Gasteiger partial charge in [-0.3, -0.25) is 0 Å². The van der Waals surface area contributed by atoms with Gasteiger partial charge in [0.05, 0.1) is 17.7 Å². The fourth-order valence-electron chi connectivity index (χ4n) is 3.77. The molecule has 2 heterocycles. The van der Waals surface area contributed by atoms with Crippen LogP contribution in [-0.2, 0) is 31.6 Å². The molecule has 2 aromatic carbocycles. The number of rotatable bonds is 9. The van der Waals surface area contributed by atoms with Crippen LogP contribution in [0.1, 0.15) is 10.5 Å². The molecule has 0 saturated carbocycles. The van der Waals surface area contributed by atoms with Gasteiger partial charge in [-0.2, -0.15) is 8.42 Å². The van der Waals surface area contributed by atoms with E-state index in [0.717, 1.165) is 0 Å². The molecule has 1 aliphatic heterocycles. The highest BCUT2D eigenvalue weighted by molar-refractivity contribution is 8.05. The number of hydrogen-bond acceptors (Lipinski definition) is 8. The SMILES string of the molecule is C=CCn1c(C(=O)O)ccc1-c1cccc(S(=O)(=O)NS(=O)(=O)N2CC(=O)Oc3cc(OC)ccc32)c1. The van der Waals surface area contributed by atoms with Crippen LogP contribution in [-0.4, -0.2) is 52.1 Å². The molecule has 12 nitrogen and oxygen atoms in total. The van der Waals surface area contributed by atoms with Crippen LogP contribution in [0.3, 0.4) is 0 Å². The van der Waals surface area contributed by atoms with E-state index in [-0.39, 0.29) is 23.7 Å². The number of carboxylic acids is 1. The number of carbonyl (C=O) groups is 2. The summed E-state index contributed by atoms with van der Waals surface area (Å²) < 4.78 is 66.3. The molecule has 14 heteroatoms. The first-order valence-corrected chi connectivity index (χ1v) is 13.5. The largest absolute Gasteiger partial charge is 0.497 e. The maximum atomic E-state index is 13.1. The molecule has 3 aromatic rings. The number of allylic oxidation sites excluding steroid dienone is 1. The number of carboxylic acid groups (broad SMARTS) is 1. The zero-order valence-corrected chi connectivity index (χ0v) is 21.0. The van der Waals surface area contributed by atoms with Gasteiger partial charge in [-0.25, -0.2) is 22.3 Å². The standard InChI is InChI=1S/C23H21N3O9S2/c1-3-11-25-18(9-10-20(25)23(28)29)15-5-4-6-17(12-15)36(30,31)24-37(32,33)26-14-22(27)35-21-13-16(34-2)7-8-19(21)26/h3-10,12-13,24H,1,11,14H2,2H3,(H,28,29). The van der Waals surface area contributed by atoms with Gasteiger partial charge in [0.15, 0.2) is 5.75 Å². The highest BCUT2D eigenvalue weighted by atomic mass is 32.3. The van der Waals surface area contributed by atoms with Crippen LogP contribution in [0.5, 0.6) is 11.5 Å². The molecule has 0 unspecified atom stereocenters. The molecule has 0 saturated heterocycles. The number of benzene rings is 2. The van der Waals surface area contributed by atoms with Crippen LogP contribution in [0.2, 0.25) is 0 Å². The van der Waals surface area contributed by atoms with Crippen molar-refractivity contribution in [2.24, 2.45) is 0 Å². The van der Waals surface area contributed by atoms with Gasteiger partial charge in [-0.1, -0.05) is 22.3 Å². The topological polar surface area (TPSA) is 161 Å². The zero-order valence-electron chi connectivity index (χ0n) is 19.3. The minimum absolute atomic E-state index is 0.0313. The second kappa shape index (κ2) is 9.72. The van der Waals surface area contributed by atoms with Crippen molar-refractivity contribution in [3.05, 3.63) is 72.9 Å². The zero-order chi connectivity index (χ0) is 27.0. The Morgan fingerprint density at radius 2 is 1.92 bits per heavy atom. The Morgan fingerprint density at radius 1 is 1.16 bits per heavy atom. The van der Waals surface area contributed by atoms with Crippen LogP contribution < -0.4 is 17.9 Å². The summed E-state index contributed by atoms with van der Waals surface area (Å²) in [5, 5.41) is 9.43. The number of hydrogen-bond donors (Lipinski definition) is 2. The number of ether oxygens (including phenoxy) is 2. The van der Waals surface area contributed by atoms with Gasteiger partial charge in [-0.15, -0.1) is 6.58 Å². The van der Waals surface area contributed by atoms with Gasteiger partial charge >= 0.3 is 22.1 Å². The first-order valence-electron chi connectivity index (χ1n) is 10.6. The Bertz CT molecular complexity index is 1630. The normalized spacial score (nSPS) is 13.5. The number of sulfonamides is 1. The Hall–Kier alpha value is -4.14. The van der Waals surface area contributed by atoms with Gasteiger partial charge in [0, 0.05) is 18.3 Å². The Morgan fingerprint density at radius 3 is 2.59 bits per heavy atom. The van der Waals surface area contributed by atoms with Crippen molar-refractivity contribution in [2.45, 2.75) is 11.4 Å². The monoisotopic (exact) mass is 547 g/mol. The smallest absolute Gasteiger partial charge is 0.352 e. The van der Waals surface area contributed by atoms with Crippen LogP contribution in [0.25, 0.3) is 11.3 Å². The Kier molecular flexibility index (Phi) is 6.82. The maximum absolute atomic E-state index is 13.1. The van der Waals surface area contributed by atoms with Crippen LogP contribution in [0, 0.1) is 0 Å². The Labute approximate surface area is 212 Å². The lowest BCUT2D eigenvalue weighted by Crippen LogP contribution is -2.48. The lowest BCUT2D eigenvalue weighted by atomic mass is 10.1.